The van der Waals surface area contributed by atoms with Crippen molar-refractivity contribution in [2.45, 2.75) is 25.3 Å². The third-order valence-electron chi connectivity index (χ3n) is 3.68. The second-order valence-electron chi connectivity index (χ2n) is 4.95. The molecule has 1 fully saturated rings. The van der Waals surface area contributed by atoms with Crippen molar-refractivity contribution in [3.8, 4) is 0 Å². The van der Waals surface area contributed by atoms with Gasteiger partial charge < -0.3 is 14.6 Å². The molecule has 19 heavy (non-hydrogen) atoms. The van der Waals surface area contributed by atoms with E-state index in [1.807, 2.05) is 17.7 Å². The number of carboxylic acid groups (broad SMARTS) is 1. The van der Waals surface area contributed by atoms with Gasteiger partial charge in [0.15, 0.2) is 5.82 Å². The Balaban J connectivity index is 2.01. The number of carbonyl (C=O) groups is 1. The molecule has 0 amide bonds. The van der Waals surface area contributed by atoms with Crippen LogP contribution in [0.5, 0.6) is 0 Å². The van der Waals surface area contributed by atoms with Crippen LogP contribution in [-0.2, 0) is 11.8 Å². The molecule has 1 unspecified atom stereocenters. The van der Waals surface area contributed by atoms with Crippen LogP contribution in [0.15, 0.2) is 18.6 Å². The van der Waals surface area contributed by atoms with Crippen molar-refractivity contribution < 1.29 is 9.90 Å². The summed E-state index contributed by atoms with van der Waals surface area (Å²) in [5.74, 6) is 0.0481. The van der Waals surface area contributed by atoms with Crippen LogP contribution in [-0.4, -0.2) is 38.2 Å². The lowest BCUT2D eigenvalue weighted by Gasteiger charge is -2.24. The van der Waals surface area contributed by atoms with Gasteiger partial charge in [-0.1, -0.05) is 0 Å². The first kappa shape index (κ1) is 12.0. The maximum absolute atomic E-state index is 10.9. The molecule has 1 saturated heterocycles. The molecule has 3 heterocycles. The summed E-state index contributed by atoms with van der Waals surface area (Å²) in [5.41, 5.74) is 1.87. The molecular formula is C13H16N4O2. The molecule has 0 bridgehead atoms. The molecule has 0 saturated carbocycles. The Morgan fingerprint density at radius 1 is 1.53 bits per heavy atom. The molecule has 0 radical (unpaired) electrons. The second-order valence-corrected chi connectivity index (χ2v) is 4.95. The number of hydrogen-bond acceptors (Lipinski definition) is 4. The van der Waals surface area contributed by atoms with Gasteiger partial charge in [-0.3, -0.25) is 4.79 Å². The first-order valence-corrected chi connectivity index (χ1v) is 6.41. The topological polar surface area (TPSA) is 71.2 Å². The number of aryl methyl sites for hydroxylation is 1. The Labute approximate surface area is 110 Å². The molecule has 0 aliphatic carbocycles. The predicted octanol–water partition coefficient (Wildman–Crippen LogP) is 1.41. The minimum atomic E-state index is -0.759. The minimum Gasteiger partial charge on any atom is -0.481 e. The van der Waals surface area contributed by atoms with Crippen LogP contribution in [0.4, 0.5) is 5.82 Å². The molecule has 100 valence electrons. The SMILES string of the molecule is Cn1cnc2c(N3CCCC3CC(=O)O)nccc21. The maximum atomic E-state index is 10.9. The summed E-state index contributed by atoms with van der Waals surface area (Å²) in [6, 6.07) is 1.95. The van der Waals surface area contributed by atoms with Gasteiger partial charge in [0.05, 0.1) is 18.3 Å². The molecule has 2 aromatic heterocycles. The number of anilines is 1. The first-order valence-electron chi connectivity index (χ1n) is 6.41. The van der Waals surface area contributed by atoms with Gasteiger partial charge in [-0.15, -0.1) is 0 Å². The zero-order valence-corrected chi connectivity index (χ0v) is 10.8. The smallest absolute Gasteiger partial charge is 0.305 e. The van der Waals surface area contributed by atoms with Crippen LogP contribution >= 0.6 is 0 Å². The fraction of sp³-hybridized carbons (Fsp3) is 0.462. The number of aromatic nitrogens is 3. The molecule has 1 N–H and O–H groups in total. The lowest BCUT2D eigenvalue weighted by molar-refractivity contribution is -0.137. The fourth-order valence-electron chi connectivity index (χ4n) is 2.79. The van der Waals surface area contributed by atoms with Gasteiger partial charge in [0, 0.05) is 25.8 Å². The normalized spacial score (nSPS) is 19.2. The average Bonchev–Trinajstić information content (AvgIpc) is 2.96. The van der Waals surface area contributed by atoms with Gasteiger partial charge >= 0.3 is 5.97 Å². The van der Waals surface area contributed by atoms with E-state index < -0.39 is 5.97 Å². The first-order chi connectivity index (χ1) is 9.16. The Morgan fingerprint density at radius 2 is 2.37 bits per heavy atom. The van der Waals surface area contributed by atoms with Crippen LogP contribution in [0.25, 0.3) is 11.0 Å². The largest absolute Gasteiger partial charge is 0.481 e. The number of nitrogens with zero attached hydrogens (tertiary/aromatic N) is 4. The molecule has 3 rings (SSSR count). The highest BCUT2D eigenvalue weighted by atomic mass is 16.4. The number of fused-ring (bicyclic) bond motifs is 1. The maximum Gasteiger partial charge on any atom is 0.305 e. The molecular weight excluding hydrogens is 244 g/mol. The van der Waals surface area contributed by atoms with Crippen LogP contribution in [0, 0.1) is 0 Å². The average molecular weight is 260 g/mol. The van der Waals surface area contributed by atoms with Crippen molar-refractivity contribution in [1.82, 2.24) is 14.5 Å². The number of rotatable bonds is 3. The Hall–Kier alpha value is -2.11. The standard InChI is InChI=1S/C13H16N4O2/c1-16-8-15-12-10(16)4-5-14-13(12)17-6-2-3-9(17)7-11(18)19/h4-5,8-9H,2-3,6-7H2,1H3,(H,18,19). The Bertz CT molecular complexity index is 622. The molecule has 1 atom stereocenters. The number of aliphatic carboxylic acids is 1. The van der Waals surface area contributed by atoms with Gasteiger partial charge in [0.1, 0.15) is 5.52 Å². The van der Waals surface area contributed by atoms with Gasteiger partial charge in [0.25, 0.3) is 0 Å². The number of carboxylic acids is 1. The monoisotopic (exact) mass is 260 g/mol. The molecule has 0 spiro atoms. The van der Waals surface area contributed by atoms with Gasteiger partial charge in [-0.05, 0) is 18.9 Å². The highest BCUT2D eigenvalue weighted by Gasteiger charge is 2.29. The number of pyridine rings is 1. The van der Waals surface area contributed by atoms with Crippen molar-refractivity contribution in [2.75, 3.05) is 11.4 Å². The van der Waals surface area contributed by atoms with Crippen LogP contribution in [0.1, 0.15) is 19.3 Å². The molecule has 0 aromatic carbocycles. The van der Waals surface area contributed by atoms with E-state index in [0.29, 0.717) is 0 Å². The van der Waals surface area contributed by atoms with Gasteiger partial charge in [-0.25, -0.2) is 9.97 Å². The van der Waals surface area contributed by atoms with E-state index in [0.717, 1.165) is 36.2 Å². The van der Waals surface area contributed by atoms with E-state index in [9.17, 15) is 4.79 Å². The van der Waals surface area contributed by atoms with Gasteiger partial charge in [-0.2, -0.15) is 0 Å². The number of imidazole rings is 1. The summed E-state index contributed by atoms with van der Waals surface area (Å²) >= 11 is 0. The third-order valence-corrected chi connectivity index (χ3v) is 3.68. The van der Waals surface area contributed by atoms with Gasteiger partial charge in [0.2, 0.25) is 0 Å². The van der Waals surface area contributed by atoms with E-state index in [-0.39, 0.29) is 12.5 Å². The van der Waals surface area contributed by atoms with Crippen molar-refractivity contribution in [2.24, 2.45) is 7.05 Å². The van der Waals surface area contributed by atoms with E-state index in [1.165, 1.54) is 0 Å². The summed E-state index contributed by atoms with van der Waals surface area (Å²) in [4.78, 5) is 21.8. The summed E-state index contributed by atoms with van der Waals surface area (Å²) < 4.78 is 1.95. The van der Waals surface area contributed by atoms with Crippen LogP contribution < -0.4 is 4.90 Å². The van der Waals surface area contributed by atoms with Crippen molar-refractivity contribution in [3.63, 3.8) is 0 Å². The van der Waals surface area contributed by atoms with Crippen LogP contribution in [0.3, 0.4) is 0 Å². The number of hydrogen-bond donors (Lipinski definition) is 1. The fourth-order valence-corrected chi connectivity index (χ4v) is 2.79. The molecule has 6 nitrogen and oxygen atoms in total. The van der Waals surface area contributed by atoms with Crippen LogP contribution in [0.2, 0.25) is 0 Å². The summed E-state index contributed by atoms with van der Waals surface area (Å²) in [6.45, 7) is 0.848. The lowest BCUT2D eigenvalue weighted by Crippen LogP contribution is -2.32. The van der Waals surface area contributed by atoms with E-state index in [4.69, 9.17) is 5.11 Å². The zero-order valence-electron chi connectivity index (χ0n) is 10.8. The lowest BCUT2D eigenvalue weighted by atomic mass is 10.1. The van der Waals surface area contributed by atoms with E-state index >= 15 is 0 Å². The van der Waals surface area contributed by atoms with Crippen molar-refractivity contribution >= 4 is 22.8 Å². The van der Waals surface area contributed by atoms with Crippen molar-refractivity contribution in [3.05, 3.63) is 18.6 Å². The molecule has 6 heteroatoms. The molecule has 1 aliphatic heterocycles. The third kappa shape index (κ3) is 2.03. The molecule has 1 aliphatic rings. The predicted molar refractivity (Wildman–Crippen MR) is 71.1 cm³/mol. The van der Waals surface area contributed by atoms with E-state index in [2.05, 4.69) is 14.9 Å². The quantitative estimate of drug-likeness (QED) is 0.903. The summed E-state index contributed by atoms with van der Waals surface area (Å²) in [5, 5.41) is 8.99. The summed E-state index contributed by atoms with van der Waals surface area (Å²) in [7, 11) is 1.94. The Morgan fingerprint density at radius 3 is 3.16 bits per heavy atom. The minimum absolute atomic E-state index is 0.0256. The summed E-state index contributed by atoms with van der Waals surface area (Å²) in [6.07, 6.45) is 5.58. The second kappa shape index (κ2) is 4.53. The van der Waals surface area contributed by atoms with E-state index in [1.54, 1.807) is 12.5 Å². The Kier molecular flexibility index (Phi) is 2.85. The highest BCUT2D eigenvalue weighted by Crippen LogP contribution is 2.30. The highest BCUT2D eigenvalue weighted by molar-refractivity contribution is 5.86. The van der Waals surface area contributed by atoms with Crippen molar-refractivity contribution in [1.29, 1.82) is 0 Å². The zero-order chi connectivity index (χ0) is 13.4. The molecule has 2 aromatic rings.